The zero-order valence-corrected chi connectivity index (χ0v) is 10.9. The summed E-state index contributed by atoms with van der Waals surface area (Å²) in [5.41, 5.74) is 2.18. The van der Waals surface area contributed by atoms with Gasteiger partial charge in [0, 0.05) is 37.0 Å². The fourth-order valence-electron chi connectivity index (χ4n) is 1.89. The molecule has 3 nitrogen and oxygen atoms in total. The lowest BCUT2D eigenvalue weighted by Gasteiger charge is -2.09. The fourth-order valence-corrected chi connectivity index (χ4v) is 1.89. The van der Waals surface area contributed by atoms with Crippen molar-refractivity contribution in [3.8, 4) is 0 Å². The van der Waals surface area contributed by atoms with Crippen LogP contribution in [0.5, 0.6) is 0 Å². The molecule has 18 heavy (non-hydrogen) atoms. The molecule has 0 unspecified atom stereocenters. The number of hydrogen-bond donors (Lipinski definition) is 1. The third kappa shape index (κ3) is 3.44. The molecule has 0 amide bonds. The van der Waals surface area contributed by atoms with E-state index in [1.54, 1.807) is 0 Å². The van der Waals surface area contributed by atoms with E-state index in [1.807, 2.05) is 30.5 Å². The van der Waals surface area contributed by atoms with Crippen molar-refractivity contribution in [3.63, 3.8) is 0 Å². The van der Waals surface area contributed by atoms with Crippen LogP contribution in [0.2, 0.25) is 0 Å². The number of benzene rings is 1. The lowest BCUT2D eigenvalue weighted by Crippen LogP contribution is -2.06. The number of anilines is 1. The molecule has 1 aromatic heterocycles. The zero-order valence-electron chi connectivity index (χ0n) is 10.9. The molecule has 3 heteroatoms. The van der Waals surface area contributed by atoms with E-state index in [9.17, 15) is 0 Å². The molecule has 0 aliphatic carbocycles. The van der Waals surface area contributed by atoms with Crippen molar-refractivity contribution in [2.75, 3.05) is 25.1 Å². The lowest BCUT2D eigenvalue weighted by atomic mass is 10.2. The third-order valence-electron chi connectivity index (χ3n) is 2.78. The van der Waals surface area contributed by atoms with E-state index in [1.165, 1.54) is 5.39 Å². The molecule has 0 spiro atoms. The van der Waals surface area contributed by atoms with E-state index >= 15 is 0 Å². The van der Waals surface area contributed by atoms with Crippen LogP contribution in [0.15, 0.2) is 36.5 Å². The molecule has 2 rings (SSSR count). The molecule has 0 aliphatic rings. The number of rotatable bonds is 7. The maximum Gasteiger partial charge on any atom is 0.0722 e. The van der Waals surface area contributed by atoms with Crippen LogP contribution in [0.1, 0.15) is 19.8 Å². The monoisotopic (exact) mass is 244 g/mol. The largest absolute Gasteiger partial charge is 0.384 e. The number of nitrogens with one attached hydrogen (secondary N) is 1. The summed E-state index contributed by atoms with van der Waals surface area (Å²) in [6.07, 6.45) is 3.96. The van der Waals surface area contributed by atoms with Gasteiger partial charge in [-0.3, -0.25) is 4.98 Å². The number of fused-ring (bicyclic) bond motifs is 1. The van der Waals surface area contributed by atoms with Crippen molar-refractivity contribution in [1.82, 2.24) is 4.98 Å². The number of hydrogen-bond acceptors (Lipinski definition) is 3. The van der Waals surface area contributed by atoms with E-state index in [-0.39, 0.29) is 0 Å². The molecule has 0 aliphatic heterocycles. The molecule has 0 saturated carbocycles. The molecule has 0 radical (unpaired) electrons. The summed E-state index contributed by atoms with van der Waals surface area (Å²) in [5.74, 6) is 0. The van der Waals surface area contributed by atoms with Crippen LogP contribution in [-0.4, -0.2) is 24.7 Å². The van der Waals surface area contributed by atoms with Crippen molar-refractivity contribution < 1.29 is 4.74 Å². The molecule has 0 fully saturated rings. The van der Waals surface area contributed by atoms with Crippen molar-refractivity contribution in [1.29, 1.82) is 0 Å². The molecule has 0 saturated heterocycles. The van der Waals surface area contributed by atoms with Crippen molar-refractivity contribution >= 4 is 16.6 Å². The molecule has 1 heterocycles. The van der Waals surface area contributed by atoms with Crippen LogP contribution in [0.4, 0.5) is 5.69 Å². The Morgan fingerprint density at radius 1 is 1.17 bits per heavy atom. The van der Waals surface area contributed by atoms with Gasteiger partial charge in [-0.1, -0.05) is 25.1 Å². The van der Waals surface area contributed by atoms with Gasteiger partial charge in [0.1, 0.15) is 0 Å². The average molecular weight is 244 g/mol. The molecule has 1 N–H and O–H groups in total. The summed E-state index contributed by atoms with van der Waals surface area (Å²) < 4.78 is 5.46. The van der Waals surface area contributed by atoms with Gasteiger partial charge in [-0.05, 0) is 25.0 Å². The van der Waals surface area contributed by atoms with Gasteiger partial charge in [-0.2, -0.15) is 0 Å². The van der Waals surface area contributed by atoms with Gasteiger partial charge < -0.3 is 10.1 Å². The first-order chi connectivity index (χ1) is 8.92. The van der Waals surface area contributed by atoms with E-state index in [4.69, 9.17) is 4.74 Å². The predicted molar refractivity (Wildman–Crippen MR) is 76.0 cm³/mol. The Kier molecular flexibility index (Phi) is 4.97. The summed E-state index contributed by atoms with van der Waals surface area (Å²) in [6, 6.07) is 10.2. The van der Waals surface area contributed by atoms with Gasteiger partial charge in [-0.25, -0.2) is 0 Å². The van der Waals surface area contributed by atoms with Crippen molar-refractivity contribution in [2.24, 2.45) is 0 Å². The Hall–Kier alpha value is -1.61. The van der Waals surface area contributed by atoms with E-state index in [0.29, 0.717) is 0 Å². The normalized spacial score (nSPS) is 10.7. The predicted octanol–water partition coefficient (Wildman–Crippen LogP) is 3.46. The molecule has 1 aromatic carbocycles. The van der Waals surface area contributed by atoms with Gasteiger partial charge in [0.25, 0.3) is 0 Å². The summed E-state index contributed by atoms with van der Waals surface area (Å²) in [4.78, 5) is 4.35. The van der Waals surface area contributed by atoms with Crippen LogP contribution in [0.25, 0.3) is 10.9 Å². The van der Waals surface area contributed by atoms with Crippen LogP contribution < -0.4 is 5.32 Å². The minimum absolute atomic E-state index is 0.823. The SMILES string of the molecule is CCCOCCCNc1ccnc2ccccc12. The first kappa shape index (κ1) is 12.8. The van der Waals surface area contributed by atoms with Gasteiger partial charge in [-0.15, -0.1) is 0 Å². The maximum absolute atomic E-state index is 5.46. The second-order valence-corrected chi connectivity index (χ2v) is 4.27. The van der Waals surface area contributed by atoms with Crippen LogP contribution in [-0.2, 0) is 4.74 Å². The van der Waals surface area contributed by atoms with Gasteiger partial charge in [0.15, 0.2) is 0 Å². The Morgan fingerprint density at radius 2 is 2.06 bits per heavy atom. The lowest BCUT2D eigenvalue weighted by molar-refractivity contribution is 0.134. The summed E-state index contributed by atoms with van der Waals surface area (Å²) in [5, 5.41) is 4.62. The minimum Gasteiger partial charge on any atom is -0.384 e. The Labute approximate surface area is 108 Å². The maximum atomic E-state index is 5.46. The number of para-hydroxylation sites is 1. The number of pyridine rings is 1. The third-order valence-corrected chi connectivity index (χ3v) is 2.78. The van der Waals surface area contributed by atoms with Gasteiger partial charge in [0.05, 0.1) is 5.52 Å². The summed E-state index contributed by atoms with van der Waals surface area (Å²) in [7, 11) is 0. The highest BCUT2D eigenvalue weighted by atomic mass is 16.5. The molecular formula is C15H20N2O. The van der Waals surface area contributed by atoms with E-state index < -0.39 is 0 Å². The number of aromatic nitrogens is 1. The number of ether oxygens (including phenoxy) is 1. The summed E-state index contributed by atoms with van der Waals surface area (Å²) >= 11 is 0. The Balaban J connectivity index is 1.88. The summed E-state index contributed by atoms with van der Waals surface area (Å²) in [6.45, 7) is 4.74. The van der Waals surface area contributed by atoms with Crippen molar-refractivity contribution in [3.05, 3.63) is 36.5 Å². The van der Waals surface area contributed by atoms with E-state index in [2.05, 4.69) is 23.3 Å². The highest BCUT2D eigenvalue weighted by Gasteiger charge is 1.99. The number of nitrogens with zero attached hydrogens (tertiary/aromatic N) is 1. The Morgan fingerprint density at radius 3 is 2.94 bits per heavy atom. The molecule has 2 aromatic rings. The van der Waals surface area contributed by atoms with Gasteiger partial charge in [0.2, 0.25) is 0 Å². The first-order valence-electron chi connectivity index (χ1n) is 6.57. The van der Waals surface area contributed by atoms with Crippen molar-refractivity contribution in [2.45, 2.75) is 19.8 Å². The second kappa shape index (κ2) is 6.97. The molecule has 0 bridgehead atoms. The molecule has 0 atom stereocenters. The molecular weight excluding hydrogens is 224 g/mol. The smallest absolute Gasteiger partial charge is 0.0722 e. The van der Waals surface area contributed by atoms with E-state index in [0.717, 1.165) is 43.8 Å². The molecule has 96 valence electrons. The van der Waals surface area contributed by atoms with Crippen LogP contribution in [0.3, 0.4) is 0 Å². The minimum atomic E-state index is 0.823. The highest BCUT2D eigenvalue weighted by molar-refractivity contribution is 5.90. The quantitative estimate of drug-likeness (QED) is 0.757. The average Bonchev–Trinajstić information content (AvgIpc) is 2.43. The topological polar surface area (TPSA) is 34.1 Å². The zero-order chi connectivity index (χ0) is 12.6. The highest BCUT2D eigenvalue weighted by Crippen LogP contribution is 2.20. The second-order valence-electron chi connectivity index (χ2n) is 4.27. The fraction of sp³-hybridized carbons (Fsp3) is 0.400. The Bertz CT molecular complexity index is 479. The van der Waals surface area contributed by atoms with Gasteiger partial charge >= 0.3 is 0 Å². The van der Waals surface area contributed by atoms with Crippen LogP contribution >= 0.6 is 0 Å². The van der Waals surface area contributed by atoms with Crippen LogP contribution in [0, 0.1) is 0 Å². The first-order valence-corrected chi connectivity index (χ1v) is 6.57. The standard InChI is InChI=1S/C15H20N2O/c1-2-11-18-12-5-9-16-15-8-10-17-14-7-4-3-6-13(14)15/h3-4,6-8,10H,2,5,9,11-12H2,1H3,(H,16,17).